The Kier molecular flexibility index (Phi) is 5.31. The maximum atomic E-state index is 12.4. The van der Waals surface area contributed by atoms with Crippen LogP contribution in [-0.4, -0.2) is 17.0 Å². The predicted molar refractivity (Wildman–Crippen MR) is 101 cm³/mol. The van der Waals surface area contributed by atoms with Crippen LogP contribution in [-0.2, 0) is 0 Å². The summed E-state index contributed by atoms with van der Waals surface area (Å²) in [7, 11) is 0. The molecule has 0 unspecified atom stereocenters. The average Bonchev–Trinajstić information content (AvgIpc) is 2.69. The average molecular weight is 367 g/mol. The van der Waals surface area contributed by atoms with Gasteiger partial charge in [0.15, 0.2) is 0 Å². The summed E-state index contributed by atoms with van der Waals surface area (Å²) < 4.78 is 0. The molecule has 0 aromatic heterocycles. The molecule has 0 bridgehead atoms. The first kappa shape index (κ1) is 17.7. The second-order valence-corrected chi connectivity index (χ2v) is 5.94. The number of amides is 2. The fraction of sp³-hybridized carbons (Fsp3) is 0. The van der Waals surface area contributed by atoms with Gasteiger partial charge in [0.2, 0.25) is 0 Å². The number of halogens is 1. The lowest BCUT2D eigenvalue weighted by atomic mass is 10.0. The third-order valence-electron chi connectivity index (χ3n) is 3.83. The minimum Gasteiger partial charge on any atom is -0.321 e. The molecule has 6 heteroatoms. The van der Waals surface area contributed by atoms with Crippen LogP contribution in [0.5, 0.6) is 0 Å². The van der Waals surface area contributed by atoms with Crippen molar-refractivity contribution in [1.82, 2.24) is 5.48 Å². The van der Waals surface area contributed by atoms with Crippen molar-refractivity contribution in [2.24, 2.45) is 0 Å². The van der Waals surface area contributed by atoms with E-state index in [1.807, 2.05) is 42.5 Å². The number of carbonyl (C=O) groups is 2. The van der Waals surface area contributed by atoms with Crippen molar-refractivity contribution in [3.8, 4) is 11.1 Å². The number of carbonyl (C=O) groups excluding carboxylic acids is 2. The third kappa shape index (κ3) is 3.91. The van der Waals surface area contributed by atoms with Gasteiger partial charge >= 0.3 is 0 Å². The maximum absolute atomic E-state index is 12.4. The molecule has 3 aromatic rings. The van der Waals surface area contributed by atoms with E-state index in [4.69, 9.17) is 16.8 Å². The Morgan fingerprint density at radius 2 is 1.38 bits per heavy atom. The van der Waals surface area contributed by atoms with Crippen molar-refractivity contribution in [2.45, 2.75) is 0 Å². The summed E-state index contributed by atoms with van der Waals surface area (Å²) in [5.74, 6) is -1.04. The van der Waals surface area contributed by atoms with Gasteiger partial charge in [-0.05, 0) is 41.5 Å². The standard InChI is InChI=1S/C20H15ClN2O3/c21-17-11-10-16(20(25)23-26)12-18(17)22-19(24)15-8-6-14(7-9-15)13-4-2-1-3-5-13/h1-12,26H,(H,22,24)(H,23,25). The van der Waals surface area contributed by atoms with Crippen LogP contribution in [0.4, 0.5) is 5.69 Å². The summed E-state index contributed by atoms with van der Waals surface area (Å²) in [6, 6.07) is 21.3. The van der Waals surface area contributed by atoms with Gasteiger partial charge in [-0.2, -0.15) is 0 Å². The Morgan fingerprint density at radius 3 is 2.04 bits per heavy atom. The minimum absolute atomic E-state index is 0.173. The molecule has 2 amide bonds. The van der Waals surface area contributed by atoms with Crippen molar-refractivity contribution >= 4 is 29.1 Å². The second-order valence-electron chi connectivity index (χ2n) is 5.53. The summed E-state index contributed by atoms with van der Waals surface area (Å²) >= 11 is 6.07. The zero-order valence-corrected chi connectivity index (χ0v) is 14.3. The monoisotopic (exact) mass is 366 g/mol. The molecule has 3 rings (SSSR count). The number of hydrogen-bond acceptors (Lipinski definition) is 3. The third-order valence-corrected chi connectivity index (χ3v) is 4.16. The predicted octanol–water partition coefficient (Wildman–Crippen LogP) is 4.38. The van der Waals surface area contributed by atoms with E-state index in [0.29, 0.717) is 5.56 Å². The molecule has 26 heavy (non-hydrogen) atoms. The van der Waals surface area contributed by atoms with Gasteiger partial charge < -0.3 is 5.32 Å². The number of nitrogens with one attached hydrogen (secondary N) is 2. The molecule has 0 heterocycles. The molecule has 0 atom stereocenters. The van der Waals surface area contributed by atoms with E-state index < -0.39 is 5.91 Å². The van der Waals surface area contributed by atoms with Crippen LogP contribution in [0.2, 0.25) is 5.02 Å². The first-order chi connectivity index (χ1) is 12.6. The molecule has 0 saturated heterocycles. The van der Waals surface area contributed by atoms with Gasteiger partial charge in [0.1, 0.15) is 0 Å². The van der Waals surface area contributed by atoms with Gasteiger partial charge in [0, 0.05) is 11.1 Å². The summed E-state index contributed by atoms with van der Waals surface area (Å²) in [6.45, 7) is 0. The summed E-state index contributed by atoms with van der Waals surface area (Å²) in [5.41, 5.74) is 4.51. The number of hydrogen-bond donors (Lipinski definition) is 3. The molecule has 0 aliphatic rings. The van der Waals surface area contributed by atoms with Crippen LogP contribution in [0.1, 0.15) is 20.7 Å². The lowest BCUT2D eigenvalue weighted by molar-refractivity contribution is 0.0706. The van der Waals surface area contributed by atoms with E-state index in [-0.39, 0.29) is 22.2 Å². The van der Waals surface area contributed by atoms with Crippen molar-refractivity contribution in [1.29, 1.82) is 0 Å². The van der Waals surface area contributed by atoms with Crippen molar-refractivity contribution in [3.05, 3.63) is 88.9 Å². The molecule has 5 nitrogen and oxygen atoms in total. The van der Waals surface area contributed by atoms with Crippen LogP contribution >= 0.6 is 11.6 Å². The highest BCUT2D eigenvalue weighted by Gasteiger charge is 2.12. The van der Waals surface area contributed by atoms with Crippen molar-refractivity contribution in [3.63, 3.8) is 0 Å². The fourth-order valence-electron chi connectivity index (χ4n) is 2.47. The lowest BCUT2D eigenvalue weighted by Crippen LogP contribution is -2.19. The first-order valence-electron chi connectivity index (χ1n) is 7.79. The summed E-state index contributed by atoms with van der Waals surface area (Å²) in [5, 5.41) is 11.7. The molecular weight excluding hydrogens is 352 g/mol. The van der Waals surface area contributed by atoms with Crippen LogP contribution in [0.15, 0.2) is 72.8 Å². The smallest absolute Gasteiger partial charge is 0.274 e. The fourth-order valence-corrected chi connectivity index (χ4v) is 2.63. The van der Waals surface area contributed by atoms with Crippen LogP contribution in [0.3, 0.4) is 0 Å². The Bertz CT molecular complexity index is 941. The summed E-state index contributed by atoms with van der Waals surface area (Å²) in [6.07, 6.45) is 0. The Morgan fingerprint density at radius 1 is 0.769 bits per heavy atom. The molecular formula is C20H15ClN2O3. The van der Waals surface area contributed by atoms with Gasteiger partial charge in [-0.3, -0.25) is 14.8 Å². The normalized spacial score (nSPS) is 10.2. The van der Waals surface area contributed by atoms with E-state index >= 15 is 0 Å². The van der Waals surface area contributed by atoms with E-state index in [0.717, 1.165) is 11.1 Å². The van der Waals surface area contributed by atoms with E-state index in [1.165, 1.54) is 18.2 Å². The second kappa shape index (κ2) is 7.82. The topological polar surface area (TPSA) is 78.4 Å². The number of benzene rings is 3. The van der Waals surface area contributed by atoms with Gasteiger partial charge in [-0.1, -0.05) is 54.1 Å². The largest absolute Gasteiger partial charge is 0.321 e. The highest BCUT2D eigenvalue weighted by atomic mass is 35.5. The number of hydroxylamine groups is 1. The lowest BCUT2D eigenvalue weighted by Gasteiger charge is -2.09. The molecule has 0 radical (unpaired) electrons. The summed E-state index contributed by atoms with van der Waals surface area (Å²) in [4.78, 5) is 23.9. The Balaban J connectivity index is 1.79. The van der Waals surface area contributed by atoms with Gasteiger partial charge in [-0.25, -0.2) is 5.48 Å². The Labute approximate surface area is 155 Å². The van der Waals surface area contributed by atoms with E-state index in [9.17, 15) is 9.59 Å². The quantitative estimate of drug-likeness (QED) is 0.473. The first-order valence-corrected chi connectivity index (χ1v) is 8.17. The zero-order valence-electron chi connectivity index (χ0n) is 13.6. The zero-order chi connectivity index (χ0) is 18.5. The molecule has 3 aromatic carbocycles. The molecule has 0 spiro atoms. The van der Waals surface area contributed by atoms with Gasteiger partial charge in [-0.15, -0.1) is 0 Å². The molecule has 0 fully saturated rings. The van der Waals surface area contributed by atoms with E-state index in [1.54, 1.807) is 17.6 Å². The van der Waals surface area contributed by atoms with Crippen LogP contribution in [0, 0.1) is 0 Å². The molecule has 0 aliphatic heterocycles. The van der Waals surface area contributed by atoms with Gasteiger partial charge in [0.25, 0.3) is 11.8 Å². The molecule has 0 saturated carbocycles. The number of anilines is 1. The van der Waals surface area contributed by atoms with Crippen LogP contribution in [0.25, 0.3) is 11.1 Å². The molecule has 3 N–H and O–H groups in total. The highest BCUT2D eigenvalue weighted by molar-refractivity contribution is 6.34. The van der Waals surface area contributed by atoms with Crippen LogP contribution < -0.4 is 10.8 Å². The highest BCUT2D eigenvalue weighted by Crippen LogP contribution is 2.24. The molecule has 0 aliphatic carbocycles. The van der Waals surface area contributed by atoms with Crippen molar-refractivity contribution < 1.29 is 14.8 Å². The maximum Gasteiger partial charge on any atom is 0.274 e. The SMILES string of the molecule is O=C(NO)c1ccc(Cl)c(NC(=O)c2ccc(-c3ccccc3)cc2)c1. The Hall–Kier alpha value is -3.15. The van der Waals surface area contributed by atoms with Gasteiger partial charge in [0.05, 0.1) is 10.7 Å². The molecule has 130 valence electrons. The van der Waals surface area contributed by atoms with Crippen molar-refractivity contribution in [2.75, 3.05) is 5.32 Å². The number of rotatable bonds is 4. The minimum atomic E-state index is -0.690. The van der Waals surface area contributed by atoms with E-state index in [2.05, 4.69) is 5.32 Å².